The molecule has 16 heavy (non-hydrogen) atoms. The van der Waals surface area contributed by atoms with E-state index in [0.29, 0.717) is 0 Å². The van der Waals surface area contributed by atoms with Gasteiger partial charge in [0.15, 0.2) is 0 Å². The number of nitrogen functional groups attached to an aromatic ring is 1. The Bertz CT molecular complexity index is 362. The molecule has 0 saturated heterocycles. The van der Waals surface area contributed by atoms with Crippen molar-refractivity contribution in [1.29, 1.82) is 0 Å². The molecule has 2 unspecified atom stereocenters. The second-order valence-electron chi connectivity index (χ2n) is 4.94. The summed E-state index contributed by atoms with van der Waals surface area (Å²) in [6.07, 6.45) is 4.06. The first kappa shape index (κ1) is 11.2. The molecule has 2 atom stereocenters. The molecule has 0 spiro atoms. The summed E-state index contributed by atoms with van der Waals surface area (Å²) in [5, 5.41) is 3.39. The molecule has 1 aliphatic rings. The van der Waals surface area contributed by atoms with Gasteiger partial charge in [0, 0.05) is 12.2 Å². The van der Waals surface area contributed by atoms with E-state index < -0.39 is 0 Å². The largest absolute Gasteiger partial charge is 0.396 e. The maximum absolute atomic E-state index is 5.88. The van der Waals surface area contributed by atoms with Crippen molar-refractivity contribution >= 4 is 11.5 Å². The van der Waals surface area contributed by atoms with Crippen molar-refractivity contribution in [2.24, 2.45) is 11.8 Å². The third-order valence-corrected chi connectivity index (χ3v) is 3.64. The maximum atomic E-state index is 5.88. The first-order valence-electron chi connectivity index (χ1n) is 6.14. The molecule has 1 fully saturated rings. The summed E-state index contributed by atoms with van der Waals surface area (Å²) >= 11 is 0. The highest BCUT2D eigenvalue weighted by Gasteiger charge is 2.23. The Hall–Kier alpha value is -1.25. The Labute approximate surface area is 97.5 Å². The van der Waals surface area contributed by atoms with E-state index in [-0.39, 0.29) is 0 Å². The van der Waals surface area contributed by atoms with E-state index >= 15 is 0 Å². The van der Waals surface area contributed by atoms with Gasteiger partial charge in [-0.2, -0.15) is 0 Å². The molecule has 88 valence electrons. The number of aryl methyl sites for hydroxylation is 1. The first-order chi connectivity index (χ1) is 7.66. The van der Waals surface area contributed by atoms with Crippen LogP contribution >= 0.6 is 0 Å². The fourth-order valence-electron chi connectivity index (χ4n) is 2.46. The van der Waals surface area contributed by atoms with Gasteiger partial charge in [0.25, 0.3) is 0 Å². The molecule has 1 aromatic rings. The first-order valence-corrected chi connectivity index (χ1v) is 6.14. The molecule has 2 rings (SSSR count). The molecule has 3 nitrogen and oxygen atoms in total. The molecule has 3 heteroatoms. The number of nitrogens with two attached hydrogens (primary N) is 1. The van der Waals surface area contributed by atoms with Gasteiger partial charge in [0.1, 0.15) is 5.82 Å². The molecule has 0 radical (unpaired) electrons. The van der Waals surface area contributed by atoms with Crippen LogP contribution in [0.5, 0.6) is 0 Å². The SMILES string of the molecule is Cc1ccc(N)c(NCC2CCCC2C)n1. The normalized spacial score (nSPS) is 24.6. The third kappa shape index (κ3) is 2.46. The van der Waals surface area contributed by atoms with Crippen molar-refractivity contribution < 1.29 is 0 Å². The van der Waals surface area contributed by atoms with Gasteiger partial charge < -0.3 is 11.1 Å². The van der Waals surface area contributed by atoms with Crippen LogP contribution in [-0.2, 0) is 0 Å². The minimum absolute atomic E-state index is 0.747. The topological polar surface area (TPSA) is 50.9 Å². The Morgan fingerprint density at radius 2 is 2.25 bits per heavy atom. The van der Waals surface area contributed by atoms with Crippen molar-refractivity contribution in [2.75, 3.05) is 17.6 Å². The zero-order valence-corrected chi connectivity index (χ0v) is 10.2. The second kappa shape index (κ2) is 4.73. The van der Waals surface area contributed by atoms with Crippen LogP contribution in [-0.4, -0.2) is 11.5 Å². The highest BCUT2D eigenvalue weighted by atomic mass is 15.0. The summed E-state index contributed by atoms with van der Waals surface area (Å²) in [4.78, 5) is 4.42. The Morgan fingerprint density at radius 1 is 1.44 bits per heavy atom. The second-order valence-corrected chi connectivity index (χ2v) is 4.94. The molecule has 0 aromatic carbocycles. The zero-order chi connectivity index (χ0) is 11.5. The molecule has 1 aliphatic carbocycles. The highest BCUT2D eigenvalue weighted by Crippen LogP contribution is 2.31. The molecular weight excluding hydrogens is 198 g/mol. The molecule has 1 aromatic heterocycles. The van der Waals surface area contributed by atoms with Crippen molar-refractivity contribution in [3.63, 3.8) is 0 Å². The van der Waals surface area contributed by atoms with Crippen LogP contribution in [0.1, 0.15) is 31.9 Å². The fourth-order valence-corrected chi connectivity index (χ4v) is 2.46. The molecule has 1 saturated carbocycles. The van der Waals surface area contributed by atoms with E-state index in [1.165, 1.54) is 19.3 Å². The van der Waals surface area contributed by atoms with Crippen molar-refractivity contribution in [3.05, 3.63) is 17.8 Å². The van der Waals surface area contributed by atoms with Crippen LogP contribution < -0.4 is 11.1 Å². The van der Waals surface area contributed by atoms with Crippen molar-refractivity contribution in [2.45, 2.75) is 33.1 Å². The lowest BCUT2D eigenvalue weighted by atomic mass is 9.98. The Balaban J connectivity index is 1.96. The smallest absolute Gasteiger partial charge is 0.149 e. The lowest BCUT2D eigenvalue weighted by molar-refractivity contribution is 0.439. The van der Waals surface area contributed by atoms with Gasteiger partial charge in [0.2, 0.25) is 0 Å². The van der Waals surface area contributed by atoms with E-state index in [0.717, 1.165) is 35.6 Å². The van der Waals surface area contributed by atoms with Crippen molar-refractivity contribution in [1.82, 2.24) is 4.98 Å². The van der Waals surface area contributed by atoms with E-state index in [9.17, 15) is 0 Å². The van der Waals surface area contributed by atoms with Crippen LogP contribution in [0.2, 0.25) is 0 Å². The monoisotopic (exact) mass is 219 g/mol. The molecule has 0 bridgehead atoms. The fraction of sp³-hybridized carbons (Fsp3) is 0.615. The van der Waals surface area contributed by atoms with E-state index in [4.69, 9.17) is 5.73 Å². The maximum Gasteiger partial charge on any atom is 0.149 e. The van der Waals surface area contributed by atoms with Gasteiger partial charge in [-0.3, -0.25) is 0 Å². The van der Waals surface area contributed by atoms with Gasteiger partial charge in [-0.15, -0.1) is 0 Å². The lowest BCUT2D eigenvalue weighted by Gasteiger charge is -2.17. The summed E-state index contributed by atoms with van der Waals surface area (Å²) < 4.78 is 0. The summed E-state index contributed by atoms with van der Waals surface area (Å²) in [6, 6.07) is 3.86. The number of hydrogen-bond donors (Lipinski definition) is 2. The number of aromatic nitrogens is 1. The van der Waals surface area contributed by atoms with Gasteiger partial charge in [-0.1, -0.05) is 19.8 Å². The van der Waals surface area contributed by atoms with Gasteiger partial charge >= 0.3 is 0 Å². The van der Waals surface area contributed by atoms with Crippen LogP contribution in [0.3, 0.4) is 0 Å². The lowest BCUT2D eigenvalue weighted by Crippen LogP contribution is -2.17. The molecular formula is C13H21N3. The predicted molar refractivity (Wildman–Crippen MR) is 68.4 cm³/mol. The van der Waals surface area contributed by atoms with Gasteiger partial charge in [-0.05, 0) is 37.3 Å². The van der Waals surface area contributed by atoms with Crippen LogP contribution in [0.15, 0.2) is 12.1 Å². The minimum Gasteiger partial charge on any atom is -0.396 e. The van der Waals surface area contributed by atoms with Gasteiger partial charge in [0.05, 0.1) is 5.69 Å². The van der Waals surface area contributed by atoms with Gasteiger partial charge in [-0.25, -0.2) is 4.98 Å². The number of hydrogen-bond acceptors (Lipinski definition) is 3. The average molecular weight is 219 g/mol. The van der Waals surface area contributed by atoms with E-state index in [1.807, 2.05) is 19.1 Å². The summed E-state index contributed by atoms with van der Waals surface area (Å²) in [5.74, 6) is 2.46. The third-order valence-electron chi connectivity index (χ3n) is 3.64. The number of pyridine rings is 1. The standard InChI is InChI=1S/C13H21N3/c1-9-4-3-5-11(9)8-15-13-12(14)7-6-10(2)16-13/h6-7,9,11H,3-5,8,14H2,1-2H3,(H,15,16). The van der Waals surface area contributed by atoms with Crippen LogP contribution in [0.25, 0.3) is 0 Å². The number of nitrogens with zero attached hydrogens (tertiary/aromatic N) is 1. The quantitative estimate of drug-likeness (QED) is 0.822. The number of rotatable bonds is 3. The molecule has 3 N–H and O–H groups in total. The molecule has 0 amide bonds. The van der Waals surface area contributed by atoms with Crippen LogP contribution in [0, 0.1) is 18.8 Å². The van der Waals surface area contributed by atoms with E-state index in [2.05, 4.69) is 17.2 Å². The number of anilines is 2. The molecule has 0 aliphatic heterocycles. The highest BCUT2D eigenvalue weighted by molar-refractivity contribution is 5.61. The summed E-state index contributed by atoms with van der Waals surface area (Å²) in [6.45, 7) is 5.33. The zero-order valence-electron chi connectivity index (χ0n) is 10.2. The average Bonchev–Trinajstić information content (AvgIpc) is 2.66. The number of nitrogens with one attached hydrogen (secondary N) is 1. The molecule has 1 heterocycles. The van der Waals surface area contributed by atoms with Crippen LogP contribution in [0.4, 0.5) is 11.5 Å². The summed E-state index contributed by atoms with van der Waals surface area (Å²) in [5.41, 5.74) is 7.64. The summed E-state index contributed by atoms with van der Waals surface area (Å²) in [7, 11) is 0. The van der Waals surface area contributed by atoms with E-state index in [1.54, 1.807) is 0 Å². The van der Waals surface area contributed by atoms with Crippen molar-refractivity contribution in [3.8, 4) is 0 Å². The Morgan fingerprint density at radius 3 is 2.94 bits per heavy atom. The Kier molecular flexibility index (Phi) is 3.32. The minimum atomic E-state index is 0.747. The predicted octanol–water partition coefficient (Wildman–Crippen LogP) is 2.82.